The van der Waals surface area contributed by atoms with Crippen molar-refractivity contribution in [2.75, 3.05) is 32.6 Å². The molecular formula is C23H26F8N7O3S+. The highest BCUT2D eigenvalue weighted by atomic mass is 32.2. The molecule has 1 aromatic heterocycles. The van der Waals surface area contributed by atoms with E-state index in [4.69, 9.17) is 10.9 Å². The van der Waals surface area contributed by atoms with Gasteiger partial charge in [-0.05, 0) is 18.2 Å². The Balaban J connectivity index is 0.00000301. The number of nitrogens with two attached hydrogens (primary N) is 2. The van der Waals surface area contributed by atoms with Crippen molar-refractivity contribution >= 4 is 34.6 Å². The second-order valence-electron chi connectivity index (χ2n) is 8.58. The number of halogens is 8. The first-order chi connectivity index (χ1) is 19.6. The third-order valence-electron chi connectivity index (χ3n) is 5.67. The lowest BCUT2D eigenvalue weighted by molar-refractivity contribution is -0.514. The number of carbonyl (C=O) groups is 2. The molecule has 19 heteroatoms. The summed E-state index contributed by atoms with van der Waals surface area (Å²) >= 11 is 0.899. The standard InChI is InChI=1S/C22H21F8N7O2S.CH4O/c1-37-10-11(5-16(37)38)7-34-19(36-31)40-15-3-2-4-32-9-13(15)18(39)35-17-14(23)6-12(8-33-17)20(24,25)21(26,27)22(28,29)30;1-2/h2-4,6,8-9,11,32H,5,7,10,31H2,1H3,(H,34,36)(H,33,35,39);2H,1H3/p+1. The zero-order valence-electron chi connectivity index (χ0n) is 21.9. The third-order valence-corrected chi connectivity index (χ3v) is 6.69. The van der Waals surface area contributed by atoms with Crippen molar-refractivity contribution < 1.29 is 55.1 Å². The largest absolute Gasteiger partial charge is 0.460 e. The van der Waals surface area contributed by atoms with E-state index >= 15 is 0 Å². The van der Waals surface area contributed by atoms with Crippen LogP contribution in [0.2, 0.25) is 0 Å². The summed E-state index contributed by atoms with van der Waals surface area (Å²) in [6.07, 6.45) is -0.534. The molecule has 0 radical (unpaired) electrons. The quantitative estimate of drug-likeness (QED) is 0.101. The van der Waals surface area contributed by atoms with Crippen LogP contribution in [0.5, 0.6) is 0 Å². The number of likely N-dealkylation sites (tertiary alicyclic amines) is 1. The fraction of sp³-hybridized carbons (Fsp3) is 0.391. The Bertz CT molecular complexity index is 1290. The average molecular weight is 633 g/mol. The van der Waals surface area contributed by atoms with Crippen LogP contribution < -0.4 is 21.9 Å². The van der Waals surface area contributed by atoms with Gasteiger partial charge in [0, 0.05) is 56.3 Å². The number of quaternary nitrogens is 1. The molecule has 2 aliphatic heterocycles. The molecule has 3 rings (SSSR count). The summed E-state index contributed by atoms with van der Waals surface area (Å²) in [5, 5.41) is 10.6. The maximum Gasteiger partial charge on any atom is 0.460 e. The summed E-state index contributed by atoms with van der Waals surface area (Å²) in [6.45, 7) is 0.735. The molecule has 0 saturated carbocycles. The molecule has 2 amide bonds. The van der Waals surface area contributed by atoms with Gasteiger partial charge in [0.1, 0.15) is 11.8 Å². The molecule has 42 heavy (non-hydrogen) atoms. The van der Waals surface area contributed by atoms with Crippen LogP contribution in [0.1, 0.15) is 12.0 Å². The molecule has 7 N–H and O–H groups in total. The number of hydrazine groups is 1. The highest BCUT2D eigenvalue weighted by Crippen LogP contribution is 2.51. The number of pyridine rings is 1. The third kappa shape index (κ3) is 7.84. The van der Waals surface area contributed by atoms with Crippen molar-refractivity contribution in [3.05, 3.63) is 58.7 Å². The second kappa shape index (κ2) is 14.1. The molecule has 232 valence electrons. The number of amides is 2. The van der Waals surface area contributed by atoms with Crippen LogP contribution in [0.15, 0.2) is 52.3 Å². The van der Waals surface area contributed by atoms with Crippen molar-refractivity contribution in [2.24, 2.45) is 16.8 Å². The van der Waals surface area contributed by atoms with Crippen molar-refractivity contribution in [3.8, 4) is 0 Å². The first-order valence-electron chi connectivity index (χ1n) is 11.7. The molecule has 10 nitrogen and oxygen atoms in total. The number of carbonyl (C=O) groups excluding carboxylic acids is 2. The fourth-order valence-corrected chi connectivity index (χ4v) is 4.37. The summed E-state index contributed by atoms with van der Waals surface area (Å²) in [5.41, 5.74) is 0.226. The number of aliphatic hydroxyl groups excluding tert-OH is 1. The van der Waals surface area contributed by atoms with E-state index in [2.05, 4.69) is 15.4 Å². The lowest BCUT2D eigenvalue weighted by Crippen LogP contribution is -2.71. The van der Waals surface area contributed by atoms with E-state index in [1.54, 1.807) is 24.2 Å². The van der Waals surface area contributed by atoms with Crippen LogP contribution in [-0.4, -0.2) is 71.3 Å². The lowest BCUT2D eigenvalue weighted by Gasteiger charge is -2.28. The number of rotatable bonds is 7. The van der Waals surface area contributed by atoms with Crippen LogP contribution in [0, 0.1) is 11.7 Å². The number of nitrogens with one attached hydrogen (secondary N) is 2. The number of aromatic nitrogens is 1. The summed E-state index contributed by atoms with van der Waals surface area (Å²) < 4.78 is 106. The van der Waals surface area contributed by atoms with Crippen LogP contribution in [-0.2, 0) is 15.5 Å². The fourth-order valence-electron chi connectivity index (χ4n) is 3.55. The molecule has 2 aliphatic rings. The Morgan fingerprint density at radius 1 is 1.26 bits per heavy atom. The number of amidine groups is 1. The predicted molar refractivity (Wildman–Crippen MR) is 136 cm³/mol. The van der Waals surface area contributed by atoms with E-state index < -0.39 is 41.1 Å². The van der Waals surface area contributed by atoms with E-state index in [0.29, 0.717) is 13.0 Å². The Hall–Kier alpha value is -3.55. The maximum atomic E-state index is 14.5. The number of nitrogens with zero attached hydrogens (tertiary/aromatic N) is 3. The molecule has 1 aromatic rings. The SMILES string of the molecule is CN1CC(CN=C(NN)SC2=CC=C[NH2+]C=C2C(=O)Nc2ncc(C(F)(F)C(F)(F)C(F)(F)F)cc2F)CC1=O.CO. The number of thioether (sulfide) groups is 1. The number of allylic oxidation sites excluding steroid dienone is 2. The van der Waals surface area contributed by atoms with Crippen molar-refractivity contribution in [1.82, 2.24) is 15.3 Å². The van der Waals surface area contributed by atoms with Gasteiger partial charge < -0.3 is 20.7 Å². The Labute approximate surface area is 237 Å². The first-order valence-corrected chi connectivity index (χ1v) is 12.5. The van der Waals surface area contributed by atoms with Crippen LogP contribution in [0.4, 0.5) is 40.9 Å². The maximum absolute atomic E-state index is 14.5. The number of anilines is 1. The number of hydrogen-bond donors (Lipinski definition) is 5. The van der Waals surface area contributed by atoms with Crippen molar-refractivity contribution in [1.29, 1.82) is 0 Å². The molecule has 0 bridgehead atoms. The minimum absolute atomic E-state index is 0.0317. The van der Waals surface area contributed by atoms with E-state index in [9.17, 15) is 44.7 Å². The van der Waals surface area contributed by atoms with Crippen LogP contribution in [0.3, 0.4) is 0 Å². The molecule has 1 atom stereocenters. The van der Waals surface area contributed by atoms with E-state index in [1.165, 1.54) is 17.6 Å². The van der Waals surface area contributed by atoms with Gasteiger partial charge in [0.05, 0.1) is 6.20 Å². The van der Waals surface area contributed by atoms with Crippen molar-refractivity contribution in [3.63, 3.8) is 0 Å². The Kier molecular flexibility index (Phi) is 11.6. The van der Waals surface area contributed by atoms with E-state index in [-0.39, 0.29) is 46.3 Å². The molecule has 0 aliphatic carbocycles. The molecule has 1 saturated heterocycles. The van der Waals surface area contributed by atoms with E-state index in [0.717, 1.165) is 18.9 Å². The van der Waals surface area contributed by atoms with Gasteiger partial charge >= 0.3 is 18.0 Å². The topological polar surface area (TPSA) is 150 Å². The molecule has 1 unspecified atom stereocenters. The van der Waals surface area contributed by atoms with Gasteiger partial charge in [-0.1, -0.05) is 11.8 Å². The van der Waals surface area contributed by atoms with Gasteiger partial charge in [-0.25, -0.2) is 15.2 Å². The predicted octanol–water partition coefficient (Wildman–Crippen LogP) is 1.95. The van der Waals surface area contributed by atoms with Gasteiger partial charge in [-0.15, -0.1) is 0 Å². The van der Waals surface area contributed by atoms with Gasteiger partial charge in [0.2, 0.25) is 5.91 Å². The number of hydrogen-bond acceptors (Lipinski definition) is 7. The summed E-state index contributed by atoms with van der Waals surface area (Å²) in [4.78, 5) is 33.9. The Morgan fingerprint density at radius 3 is 2.48 bits per heavy atom. The molecule has 3 heterocycles. The minimum Gasteiger partial charge on any atom is -0.400 e. The lowest BCUT2D eigenvalue weighted by atomic mass is 10.0. The van der Waals surface area contributed by atoms with Crippen LogP contribution >= 0.6 is 11.8 Å². The number of aliphatic imine (C=N–C) groups is 1. The highest BCUT2D eigenvalue weighted by molar-refractivity contribution is 8.17. The zero-order chi connectivity index (χ0) is 31.9. The molecular weight excluding hydrogens is 606 g/mol. The second-order valence-corrected chi connectivity index (χ2v) is 9.61. The first kappa shape index (κ1) is 34.7. The molecule has 0 spiro atoms. The average Bonchev–Trinajstić information content (AvgIpc) is 3.10. The Morgan fingerprint density at radius 2 is 1.93 bits per heavy atom. The van der Waals surface area contributed by atoms with Crippen molar-refractivity contribution in [2.45, 2.75) is 24.4 Å². The smallest absolute Gasteiger partial charge is 0.400 e. The highest BCUT2D eigenvalue weighted by Gasteiger charge is 2.73. The zero-order valence-corrected chi connectivity index (χ0v) is 22.7. The minimum atomic E-state index is -6.62. The number of aliphatic hydroxyl groups is 1. The molecule has 0 aromatic carbocycles. The summed E-state index contributed by atoms with van der Waals surface area (Å²) in [7, 11) is 2.66. The van der Waals surface area contributed by atoms with Gasteiger partial charge in [0.15, 0.2) is 16.8 Å². The van der Waals surface area contributed by atoms with E-state index in [1.807, 2.05) is 5.32 Å². The number of alkyl halides is 7. The van der Waals surface area contributed by atoms with Gasteiger partial charge in [0.25, 0.3) is 5.91 Å². The normalized spacial score (nSPS) is 18.1. The van der Waals surface area contributed by atoms with Gasteiger partial charge in [-0.2, -0.15) is 30.7 Å². The van der Waals surface area contributed by atoms with Gasteiger partial charge in [-0.3, -0.25) is 19.9 Å². The molecule has 1 fully saturated rings. The van der Waals surface area contributed by atoms with Crippen LogP contribution in [0.25, 0.3) is 0 Å². The summed E-state index contributed by atoms with van der Waals surface area (Å²) in [5.74, 6) is -10.7. The monoisotopic (exact) mass is 632 g/mol. The summed E-state index contributed by atoms with van der Waals surface area (Å²) in [6, 6.07) is -0.267.